The molecule has 2 aromatic carbocycles. The van der Waals surface area contributed by atoms with Crippen LogP contribution in [0, 0.1) is 0 Å². The van der Waals surface area contributed by atoms with Gasteiger partial charge in [-0.2, -0.15) is 0 Å². The van der Waals surface area contributed by atoms with Crippen molar-refractivity contribution in [3.63, 3.8) is 0 Å². The Morgan fingerprint density at radius 1 is 1.10 bits per heavy atom. The predicted octanol–water partition coefficient (Wildman–Crippen LogP) is 3.65. The zero-order chi connectivity index (χ0) is 19.9. The van der Waals surface area contributed by atoms with E-state index in [0.29, 0.717) is 12.1 Å². The van der Waals surface area contributed by atoms with Gasteiger partial charge in [-0.1, -0.05) is 41.6 Å². The van der Waals surface area contributed by atoms with Crippen LogP contribution in [-0.2, 0) is 13.1 Å². The molecule has 29 heavy (non-hydrogen) atoms. The van der Waals surface area contributed by atoms with Gasteiger partial charge in [-0.15, -0.1) is 0 Å². The molecule has 0 saturated carbocycles. The summed E-state index contributed by atoms with van der Waals surface area (Å²) in [7, 11) is 0. The van der Waals surface area contributed by atoms with Crippen LogP contribution < -0.4 is 10.1 Å². The van der Waals surface area contributed by atoms with Crippen LogP contribution in [0.5, 0.6) is 5.75 Å². The lowest BCUT2D eigenvalue weighted by molar-refractivity contribution is 0.0930. The van der Waals surface area contributed by atoms with Gasteiger partial charge in [0.1, 0.15) is 18.1 Å². The molecule has 0 radical (unpaired) electrons. The number of hydrogen-bond acceptors (Lipinski definition) is 5. The van der Waals surface area contributed by atoms with Crippen LogP contribution in [0.15, 0.2) is 71.4 Å². The first-order valence-electron chi connectivity index (χ1n) is 9.97. The fraction of sp³-hybridized carbons (Fsp3) is 0.304. The maximum absolute atomic E-state index is 12.5. The highest BCUT2D eigenvalue weighted by atomic mass is 16.5. The van der Waals surface area contributed by atoms with Gasteiger partial charge in [0.05, 0.1) is 5.69 Å². The van der Waals surface area contributed by atoms with E-state index < -0.39 is 0 Å². The topological polar surface area (TPSA) is 67.6 Å². The molecule has 3 aromatic rings. The summed E-state index contributed by atoms with van der Waals surface area (Å²) >= 11 is 0. The number of ether oxygens (including phenoxy) is 1. The summed E-state index contributed by atoms with van der Waals surface area (Å²) < 4.78 is 11.0. The number of amides is 1. The number of rotatable bonds is 7. The Morgan fingerprint density at radius 3 is 2.69 bits per heavy atom. The molecule has 0 atom stereocenters. The summed E-state index contributed by atoms with van der Waals surface area (Å²) in [5, 5.41) is 6.93. The number of carbonyl (C=O) groups is 1. The molecule has 1 aliphatic rings. The first-order valence-corrected chi connectivity index (χ1v) is 9.97. The lowest BCUT2D eigenvalue weighted by atomic mass is 10.1. The molecule has 6 heteroatoms. The molecule has 1 fully saturated rings. The van der Waals surface area contributed by atoms with E-state index in [-0.39, 0.29) is 12.0 Å². The van der Waals surface area contributed by atoms with Gasteiger partial charge in [0, 0.05) is 37.8 Å². The van der Waals surface area contributed by atoms with Crippen molar-refractivity contribution in [2.45, 2.75) is 32.0 Å². The Balaban J connectivity index is 1.27. The molecule has 1 aromatic heterocycles. The van der Waals surface area contributed by atoms with Crippen molar-refractivity contribution in [2.24, 2.45) is 0 Å². The smallest absolute Gasteiger partial charge is 0.251 e. The number of aromatic nitrogens is 1. The second kappa shape index (κ2) is 9.39. The molecule has 1 N–H and O–H groups in total. The fourth-order valence-corrected chi connectivity index (χ4v) is 3.52. The fourth-order valence-electron chi connectivity index (χ4n) is 3.52. The Kier molecular flexibility index (Phi) is 6.22. The number of likely N-dealkylation sites (tertiary alicyclic amines) is 1. The van der Waals surface area contributed by atoms with E-state index in [0.717, 1.165) is 49.5 Å². The normalized spacial score (nSPS) is 15.2. The quantitative estimate of drug-likeness (QED) is 0.666. The van der Waals surface area contributed by atoms with Gasteiger partial charge >= 0.3 is 0 Å². The molecule has 0 bridgehead atoms. The number of piperidine rings is 1. The summed E-state index contributed by atoms with van der Waals surface area (Å²) in [6.07, 6.45) is 3.66. The second-order valence-electron chi connectivity index (χ2n) is 7.28. The number of nitrogens with zero attached hydrogens (tertiary/aromatic N) is 2. The summed E-state index contributed by atoms with van der Waals surface area (Å²) in [6.45, 7) is 3.22. The van der Waals surface area contributed by atoms with Crippen LogP contribution in [0.3, 0.4) is 0 Å². The molecule has 0 spiro atoms. The Hall–Kier alpha value is -3.12. The molecule has 1 aliphatic heterocycles. The first-order chi connectivity index (χ1) is 14.3. The maximum atomic E-state index is 12.5. The molecule has 1 amide bonds. The van der Waals surface area contributed by atoms with Gasteiger partial charge in [0.2, 0.25) is 0 Å². The van der Waals surface area contributed by atoms with Crippen LogP contribution >= 0.6 is 0 Å². The van der Waals surface area contributed by atoms with Gasteiger partial charge in [-0.05, 0) is 36.6 Å². The largest absolute Gasteiger partial charge is 0.490 e. The minimum Gasteiger partial charge on any atom is -0.490 e. The minimum atomic E-state index is -0.0956. The zero-order valence-corrected chi connectivity index (χ0v) is 16.3. The van der Waals surface area contributed by atoms with Crippen LogP contribution in [0.2, 0.25) is 0 Å². The standard InChI is InChI=1S/C23H25N3O3/c27-23(24-16-18-5-2-1-3-6-18)19-7-4-8-22(15-19)29-21-9-12-26(13-10-21)17-20-11-14-28-25-20/h1-8,11,14-15,21H,9-10,12-13,16-17H2,(H,24,27). The molecule has 1 saturated heterocycles. The van der Waals surface area contributed by atoms with Crippen molar-refractivity contribution >= 4 is 5.91 Å². The van der Waals surface area contributed by atoms with Crippen molar-refractivity contribution in [2.75, 3.05) is 13.1 Å². The molecule has 0 aliphatic carbocycles. The van der Waals surface area contributed by atoms with Gasteiger partial charge in [0.15, 0.2) is 0 Å². The first kappa shape index (κ1) is 19.2. The third kappa shape index (κ3) is 5.45. The van der Waals surface area contributed by atoms with Crippen LogP contribution in [0.1, 0.15) is 34.5 Å². The summed E-state index contributed by atoms with van der Waals surface area (Å²) in [5.41, 5.74) is 2.64. The molecule has 0 unspecified atom stereocenters. The monoisotopic (exact) mass is 391 g/mol. The van der Waals surface area contributed by atoms with Crippen molar-refractivity contribution in [1.29, 1.82) is 0 Å². The van der Waals surface area contributed by atoms with E-state index in [1.165, 1.54) is 0 Å². The lowest BCUT2D eigenvalue weighted by Gasteiger charge is -2.31. The van der Waals surface area contributed by atoms with Crippen LogP contribution in [0.25, 0.3) is 0 Å². The Labute approximate surface area is 170 Å². The second-order valence-corrected chi connectivity index (χ2v) is 7.28. The highest BCUT2D eigenvalue weighted by Gasteiger charge is 2.21. The third-order valence-corrected chi connectivity index (χ3v) is 5.11. The minimum absolute atomic E-state index is 0.0956. The van der Waals surface area contributed by atoms with E-state index in [1.54, 1.807) is 6.26 Å². The average molecular weight is 391 g/mol. The molecule has 4 rings (SSSR count). The van der Waals surface area contributed by atoms with Crippen LogP contribution in [-0.4, -0.2) is 35.2 Å². The summed E-state index contributed by atoms with van der Waals surface area (Å²) in [4.78, 5) is 14.8. The number of carbonyl (C=O) groups excluding carboxylic acids is 1. The third-order valence-electron chi connectivity index (χ3n) is 5.11. The molecular weight excluding hydrogens is 366 g/mol. The number of nitrogens with one attached hydrogen (secondary N) is 1. The summed E-state index contributed by atoms with van der Waals surface area (Å²) in [6, 6.07) is 19.2. The number of benzene rings is 2. The van der Waals surface area contributed by atoms with E-state index >= 15 is 0 Å². The van der Waals surface area contributed by atoms with E-state index in [4.69, 9.17) is 9.26 Å². The predicted molar refractivity (Wildman–Crippen MR) is 109 cm³/mol. The molecular formula is C23H25N3O3. The van der Waals surface area contributed by atoms with Gasteiger partial charge in [-0.3, -0.25) is 9.69 Å². The zero-order valence-electron chi connectivity index (χ0n) is 16.3. The average Bonchev–Trinajstić information content (AvgIpc) is 3.27. The van der Waals surface area contributed by atoms with Crippen LogP contribution in [0.4, 0.5) is 0 Å². The molecule has 6 nitrogen and oxygen atoms in total. The lowest BCUT2D eigenvalue weighted by Crippen LogP contribution is -2.37. The van der Waals surface area contributed by atoms with E-state index in [2.05, 4.69) is 15.4 Å². The van der Waals surface area contributed by atoms with Crippen molar-refractivity contribution in [3.8, 4) is 5.75 Å². The maximum Gasteiger partial charge on any atom is 0.251 e. The van der Waals surface area contributed by atoms with Gasteiger partial charge in [0.25, 0.3) is 5.91 Å². The summed E-state index contributed by atoms with van der Waals surface area (Å²) in [5.74, 6) is 0.647. The SMILES string of the molecule is O=C(NCc1ccccc1)c1cccc(OC2CCN(Cc3ccon3)CC2)c1. The van der Waals surface area contributed by atoms with E-state index in [1.807, 2.05) is 60.7 Å². The Bertz CT molecular complexity index is 904. The van der Waals surface area contributed by atoms with Crippen molar-refractivity contribution < 1.29 is 14.1 Å². The number of hydrogen-bond donors (Lipinski definition) is 1. The highest BCUT2D eigenvalue weighted by Crippen LogP contribution is 2.21. The Morgan fingerprint density at radius 2 is 1.93 bits per heavy atom. The van der Waals surface area contributed by atoms with Gasteiger partial charge < -0.3 is 14.6 Å². The highest BCUT2D eigenvalue weighted by molar-refractivity contribution is 5.94. The molecule has 2 heterocycles. The van der Waals surface area contributed by atoms with Crippen molar-refractivity contribution in [1.82, 2.24) is 15.4 Å². The molecule has 150 valence electrons. The van der Waals surface area contributed by atoms with Crippen molar-refractivity contribution in [3.05, 3.63) is 83.7 Å². The van der Waals surface area contributed by atoms with Gasteiger partial charge in [-0.25, -0.2) is 0 Å². The van der Waals surface area contributed by atoms with E-state index in [9.17, 15) is 4.79 Å².